The van der Waals surface area contributed by atoms with Crippen molar-refractivity contribution in [1.82, 2.24) is 5.43 Å². The Labute approximate surface area is 198 Å². The summed E-state index contributed by atoms with van der Waals surface area (Å²) in [6.45, 7) is 4.34. The molecule has 3 aromatic rings. The average Bonchev–Trinajstić information content (AvgIpc) is 2.77. The number of carbonyl (C=O) groups is 1. The fourth-order valence-electron chi connectivity index (χ4n) is 3.11. The quantitative estimate of drug-likeness (QED) is 0.329. The van der Waals surface area contributed by atoms with Crippen LogP contribution >= 0.6 is 23.2 Å². The van der Waals surface area contributed by atoms with Crippen molar-refractivity contribution in [3.63, 3.8) is 0 Å². The molecule has 0 atom stereocenters. The topological polar surface area (TPSA) is 59.9 Å². The number of hydrogen-bond acceptors (Lipinski definition) is 4. The first kappa shape index (κ1) is 23.6. The zero-order chi connectivity index (χ0) is 23.1. The number of rotatable bonds is 8. The Balaban J connectivity index is 1.59. The fraction of sp³-hybridized carbons (Fsp3) is 0.200. The molecule has 0 unspecified atom stereocenters. The van der Waals surface area contributed by atoms with Crippen LogP contribution in [0.1, 0.15) is 27.8 Å². The molecule has 0 aliphatic rings. The highest BCUT2D eigenvalue weighted by Gasteiger charge is 2.08. The predicted octanol–water partition coefficient (Wildman–Crippen LogP) is 5.89. The molecule has 0 heterocycles. The van der Waals surface area contributed by atoms with Gasteiger partial charge in [0.25, 0.3) is 0 Å². The van der Waals surface area contributed by atoms with Gasteiger partial charge in [0.15, 0.2) is 11.5 Å². The molecule has 166 valence electrons. The smallest absolute Gasteiger partial charge is 0.244 e. The Kier molecular flexibility index (Phi) is 8.14. The standard InChI is InChI=1S/C25H24Cl2N2O3/c1-16-4-7-20(17(2)10-16)13-25(30)29-28-14-18-6-9-23(24(12-18)31-3)32-15-19-5-8-21(26)22(27)11-19/h4-12,14H,13,15H2,1-3H3,(H,29,30)/b28-14+. The van der Waals surface area contributed by atoms with E-state index in [0.29, 0.717) is 28.2 Å². The van der Waals surface area contributed by atoms with Crippen molar-refractivity contribution in [1.29, 1.82) is 0 Å². The monoisotopic (exact) mass is 470 g/mol. The van der Waals surface area contributed by atoms with Crippen molar-refractivity contribution in [2.45, 2.75) is 26.9 Å². The molecule has 1 N–H and O–H groups in total. The van der Waals surface area contributed by atoms with Crippen molar-refractivity contribution < 1.29 is 14.3 Å². The van der Waals surface area contributed by atoms with E-state index in [-0.39, 0.29) is 12.3 Å². The number of nitrogens with one attached hydrogen (secondary N) is 1. The van der Waals surface area contributed by atoms with Crippen molar-refractivity contribution >= 4 is 35.3 Å². The molecular formula is C25H24Cl2N2O3. The SMILES string of the molecule is COc1cc(/C=N/NC(=O)Cc2ccc(C)cc2C)ccc1OCc1ccc(Cl)c(Cl)c1. The van der Waals surface area contributed by atoms with Crippen LogP contribution in [0.15, 0.2) is 59.7 Å². The Morgan fingerprint density at radius 1 is 1.00 bits per heavy atom. The maximum absolute atomic E-state index is 12.2. The van der Waals surface area contributed by atoms with Gasteiger partial charge in [-0.25, -0.2) is 5.43 Å². The molecule has 0 spiro atoms. The first-order valence-corrected chi connectivity index (χ1v) is 10.7. The summed E-state index contributed by atoms with van der Waals surface area (Å²) in [5, 5.41) is 5.03. The third kappa shape index (κ3) is 6.49. The molecule has 0 saturated carbocycles. The second-order valence-electron chi connectivity index (χ2n) is 7.35. The number of nitrogens with zero attached hydrogens (tertiary/aromatic N) is 1. The van der Waals surface area contributed by atoms with Crippen LogP contribution in [0.25, 0.3) is 0 Å². The number of carbonyl (C=O) groups excluding carboxylic acids is 1. The summed E-state index contributed by atoms with van der Waals surface area (Å²) in [6, 6.07) is 16.8. The summed E-state index contributed by atoms with van der Waals surface area (Å²) in [5.74, 6) is 0.951. The van der Waals surface area contributed by atoms with E-state index in [9.17, 15) is 4.79 Å². The summed E-state index contributed by atoms with van der Waals surface area (Å²) in [4.78, 5) is 12.2. The number of benzene rings is 3. The minimum Gasteiger partial charge on any atom is -0.493 e. The van der Waals surface area contributed by atoms with Crippen molar-refractivity contribution in [2.75, 3.05) is 7.11 Å². The summed E-state index contributed by atoms with van der Waals surface area (Å²) in [6.07, 6.45) is 1.83. The number of hydrogen-bond donors (Lipinski definition) is 1. The molecule has 0 saturated heterocycles. The van der Waals surface area contributed by atoms with Crippen LogP contribution < -0.4 is 14.9 Å². The molecule has 0 aliphatic heterocycles. The molecular weight excluding hydrogens is 447 g/mol. The van der Waals surface area contributed by atoms with E-state index in [2.05, 4.69) is 16.6 Å². The van der Waals surface area contributed by atoms with Crippen molar-refractivity contribution in [3.8, 4) is 11.5 Å². The van der Waals surface area contributed by atoms with Gasteiger partial charge in [0, 0.05) is 0 Å². The van der Waals surface area contributed by atoms with Crippen LogP contribution in [0.3, 0.4) is 0 Å². The zero-order valence-corrected chi connectivity index (χ0v) is 19.6. The summed E-state index contributed by atoms with van der Waals surface area (Å²) in [5.41, 5.74) is 7.45. The van der Waals surface area contributed by atoms with Gasteiger partial charge in [0.05, 0.1) is 29.8 Å². The van der Waals surface area contributed by atoms with E-state index in [0.717, 1.165) is 22.3 Å². The lowest BCUT2D eigenvalue weighted by Crippen LogP contribution is -2.20. The van der Waals surface area contributed by atoms with Crippen LogP contribution in [0.2, 0.25) is 10.0 Å². The van der Waals surface area contributed by atoms with E-state index in [1.165, 1.54) is 5.56 Å². The van der Waals surface area contributed by atoms with Gasteiger partial charge in [0.1, 0.15) is 6.61 Å². The first-order chi connectivity index (χ1) is 15.4. The molecule has 1 amide bonds. The Morgan fingerprint density at radius 3 is 2.53 bits per heavy atom. The Bertz CT molecular complexity index is 1150. The third-order valence-corrected chi connectivity index (χ3v) is 5.56. The largest absolute Gasteiger partial charge is 0.493 e. The second kappa shape index (κ2) is 11.0. The van der Waals surface area contributed by atoms with Crippen LogP contribution in [-0.2, 0) is 17.8 Å². The van der Waals surface area contributed by atoms with Crippen LogP contribution in [-0.4, -0.2) is 19.2 Å². The molecule has 7 heteroatoms. The molecule has 3 aromatic carbocycles. The van der Waals surface area contributed by atoms with Gasteiger partial charge in [-0.1, -0.05) is 53.0 Å². The van der Waals surface area contributed by atoms with Gasteiger partial charge in [-0.2, -0.15) is 5.10 Å². The van der Waals surface area contributed by atoms with E-state index in [1.807, 2.05) is 38.1 Å². The highest BCUT2D eigenvalue weighted by atomic mass is 35.5. The number of methoxy groups -OCH3 is 1. The molecule has 0 aliphatic carbocycles. The third-order valence-electron chi connectivity index (χ3n) is 4.82. The number of amides is 1. The normalized spacial score (nSPS) is 10.9. The Morgan fingerprint density at radius 2 is 1.81 bits per heavy atom. The number of hydrazone groups is 1. The van der Waals surface area contributed by atoms with Gasteiger partial charge in [-0.15, -0.1) is 0 Å². The van der Waals surface area contributed by atoms with E-state index in [4.69, 9.17) is 32.7 Å². The lowest BCUT2D eigenvalue weighted by Gasteiger charge is -2.12. The van der Waals surface area contributed by atoms with Crippen molar-refractivity contribution in [2.24, 2.45) is 5.10 Å². The number of halogens is 2. The molecule has 5 nitrogen and oxygen atoms in total. The average molecular weight is 471 g/mol. The van der Waals surface area contributed by atoms with Gasteiger partial charge >= 0.3 is 0 Å². The van der Waals surface area contributed by atoms with Gasteiger partial charge in [0.2, 0.25) is 5.91 Å². The first-order valence-electron chi connectivity index (χ1n) is 9.98. The van der Waals surface area contributed by atoms with Gasteiger partial charge in [-0.05, 0) is 66.4 Å². The maximum atomic E-state index is 12.2. The number of ether oxygens (including phenoxy) is 2. The van der Waals surface area contributed by atoms with E-state index >= 15 is 0 Å². The van der Waals surface area contributed by atoms with Gasteiger partial charge in [-0.3, -0.25) is 4.79 Å². The van der Waals surface area contributed by atoms with Crippen molar-refractivity contribution in [3.05, 3.63) is 92.5 Å². The van der Waals surface area contributed by atoms with Crippen LogP contribution in [0, 0.1) is 13.8 Å². The molecule has 0 aromatic heterocycles. The minimum atomic E-state index is -0.179. The molecule has 0 bridgehead atoms. The summed E-state index contributed by atoms with van der Waals surface area (Å²) in [7, 11) is 1.56. The Hall–Kier alpha value is -3.02. The maximum Gasteiger partial charge on any atom is 0.244 e. The molecule has 0 fully saturated rings. The predicted molar refractivity (Wildman–Crippen MR) is 129 cm³/mol. The highest BCUT2D eigenvalue weighted by molar-refractivity contribution is 6.42. The molecule has 0 radical (unpaired) electrons. The number of aryl methyl sites for hydroxylation is 2. The van der Waals surface area contributed by atoms with Crippen LogP contribution in [0.4, 0.5) is 0 Å². The van der Waals surface area contributed by atoms with Gasteiger partial charge < -0.3 is 9.47 Å². The van der Waals surface area contributed by atoms with E-state index in [1.54, 1.807) is 37.6 Å². The summed E-state index contributed by atoms with van der Waals surface area (Å²) >= 11 is 12.0. The fourth-order valence-corrected chi connectivity index (χ4v) is 3.43. The highest BCUT2D eigenvalue weighted by Crippen LogP contribution is 2.29. The summed E-state index contributed by atoms with van der Waals surface area (Å²) < 4.78 is 11.3. The van der Waals surface area contributed by atoms with E-state index < -0.39 is 0 Å². The zero-order valence-electron chi connectivity index (χ0n) is 18.1. The lowest BCUT2D eigenvalue weighted by molar-refractivity contribution is -0.120. The second-order valence-corrected chi connectivity index (χ2v) is 8.16. The molecule has 3 rings (SSSR count). The molecule has 32 heavy (non-hydrogen) atoms. The minimum absolute atomic E-state index is 0.179. The lowest BCUT2D eigenvalue weighted by atomic mass is 10.0. The van der Waals surface area contributed by atoms with Crippen LogP contribution in [0.5, 0.6) is 11.5 Å².